The van der Waals surface area contributed by atoms with Gasteiger partial charge < -0.3 is 10.6 Å². The van der Waals surface area contributed by atoms with Crippen LogP contribution >= 0.6 is 0 Å². The first-order valence-electron chi connectivity index (χ1n) is 5.91. The minimum Gasteiger partial charge on any atom is -0.340 e. The summed E-state index contributed by atoms with van der Waals surface area (Å²) in [5, 5.41) is 8.77. The monoisotopic (exact) mass is 223 g/mol. The standard InChI is InChI=1S/C12H21N3O/c1-4-15(8-9(2)7-13)11(16)12(3,14)10-5-6-10/h9-10H,4-6,8,14H2,1-3H3. The molecule has 0 bridgehead atoms. The van der Waals surface area contributed by atoms with E-state index in [4.69, 9.17) is 11.0 Å². The van der Waals surface area contributed by atoms with Crippen LogP contribution in [0.2, 0.25) is 0 Å². The molecule has 1 saturated carbocycles. The molecule has 0 radical (unpaired) electrons. The summed E-state index contributed by atoms with van der Waals surface area (Å²) in [5.74, 6) is 0.171. The Bertz CT molecular complexity index is 302. The van der Waals surface area contributed by atoms with E-state index in [-0.39, 0.29) is 11.8 Å². The number of amides is 1. The van der Waals surface area contributed by atoms with Crippen LogP contribution in [0.3, 0.4) is 0 Å². The Kier molecular flexibility index (Phi) is 3.93. The highest BCUT2D eigenvalue weighted by Crippen LogP contribution is 2.39. The van der Waals surface area contributed by atoms with Gasteiger partial charge in [-0.1, -0.05) is 0 Å². The second-order valence-electron chi connectivity index (χ2n) is 4.93. The minimum absolute atomic E-state index is 0.0143. The van der Waals surface area contributed by atoms with Crippen LogP contribution in [0.1, 0.15) is 33.6 Å². The lowest BCUT2D eigenvalue weighted by Crippen LogP contribution is -2.55. The van der Waals surface area contributed by atoms with Crippen molar-refractivity contribution in [2.24, 2.45) is 17.6 Å². The quantitative estimate of drug-likeness (QED) is 0.759. The van der Waals surface area contributed by atoms with Crippen LogP contribution in [0, 0.1) is 23.2 Å². The summed E-state index contributed by atoms with van der Waals surface area (Å²) in [6, 6.07) is 2.15. The van der Waals surface area contributed by atoms with Crippen molar-refractivity contribution in [3.8, 4) is 6.07 Å². The van der Waals surface area contributed by atoms with E-state index in [1.54, 1.807) is 4.90 Å². The summed E-state index contributed by atoms with van der Waals surface area (Å²) >= 11 is 0. The van der Waals surface area contributed by atoms with Gasteiger partial charge in [0.2, 0.25) is 5.91 Å². The van der Waals surface area contributed by atoms with E-state index in [9.17, 15) is 4.79 Å². The fraction of sp³-hybridized carbons (Fsp3) is 0.833. The van der Waals surface area contributed by atoms with Gasteiger partial charge in [0.15, 0.2) is 0 Å². The summed E-state index contributed by atoms with van der Waals surface area (Å²) in [7, 11) is 0. The Morgan fingerprint density at radius 2 is 2.25 bits per heavy atom. The first-order valence-corrected chi connectivity index (χ1v) is 5.91. The molecule has 0 saturated heterocycles. The van der Waals surface area contributed by atoms with Crippen LogP contribution in [0.4, 0.5) is 0 Å². The fourth-order valence-electron chi connectivity index (χ4n) is 1.93. The van der Waals surface area contributed by atoms with Gasteiger partial charge in [-0.15, -0.1) is 0 Å². The Hall–Kier alpha value is -1.08. The maximum atomic E-state index is 12.2. The molecule has 0 spiro atoms. The third-order valence-electron chi connectivity index (χ3n) is 3.27. The van der Waals surface area contributed by atoms with Crippen molar-refractivity contribution in [2.75, 3.05) is 13.1 Å². The zero-order chi connectivity index (χ0) is 12.3. The van der Waals surface area contributed by atoms with E-state index in [1.807, 2.05) is 20.8 Å². The molecule has 1 rings (SSSR count). The molecule has 0 aromatic carbocycles. The third kappa shape index (κ3) is 2.73. The third-order valence-corrected chi connectivity index (χ3v) is 3.27. The summed E-state index contributed by atoms with van der Waals surface area (Å²) in [5.41, 5.74) is 5.34. The predicted molar refractivity (Wildman–Crippen MR) is 62.3 cm³/mol. The van der Waals surface area contributed by atoms with E-state index < -0.39 is 5.54 Å². The van der Waals surface area contributed by atoms with Crippen molar-refractivity contribution in [3.63, 3.8) is 0 Å². The van der Waals surface area contributed by atoms with Gasteiger partial charge in [-0.25, -0.2) is 0 Å². The summed E-state index contributed by atoms with van der Waals surface area (Å²) < 4.78 is 0. The number of likely N-dealkylation sites (N-methyl/N-ethyl adjacent to an activating group) is 1. The molecule has 0 aliphatic heterocycles. The van der Waals surface area contributed by atoms with E-state index in [0.29, 0.717) is 19.0 Å². The van der Waals surface area contributed by atoms with Gasteiger partial charge in [0, 0.05) is 13.1 Å². The second kappa shape index (κ2) is 4.84. The zero-order valence-electron chi connectivity index (χ0n) is 10.4. The Morgan fingerprint density at radius 1 is 1.69 bits per heavy atom. The summed E-state index contributed by atoms with van der Waals surface area (Å²) in [6.07, 6.45) is 2.09. The Labute approximate surface area is 97.4 Å². The average molecular weight is 223 g/mol. The highest BCUT2D eigenvalue weighted by molar-refractivity contribution is 5.86. The number of carbonyl (C=O) groups excluding carboxylic acids is 1. The minimum atomic E-state index is -0.745. The van der Waals surface area contributed by atoms with Gasteiger partial charge in [0.25, 0.3) is 0 Å². The number of hydrogen-bond donors (Lipinski definition) is 1. The molecule has 2 N–H and O–H groups in total. The van der Waals surface area contributed by atoms with Crippen molar-refractivity contribution in [3.05, 3.63) is 0 Å². The molecular formula is C12H21N3O. The maximum absolute atomic E-state index is 12.2. The summed E-state index contributed by atoms with van der Waals surface area (Å²) in [6.45, 7) is 6.65. The van der Waals surface area contributed by atoms with Crippen LogP contribution in [0.5, 0.6) is 0 Å². The van der Waals surface area contributed by atoms with Gasteiger partial charge in [-0.05, 0) is 39.5 Å². The van der Waals surface area contributed by atoms with Gasteiger partial charge in [-0.3, -0.25) is 4.79 Å². The Balaban J connectivity index is 2.65. The van der Waals surface area contributed by atoms with Crippen LogP contribution in [-0.4, -0.2) is 29.4 Å². The lowest BCUT2D eigenvalue weighted by atomic mass is 9.95. The molecule has 16 heavy (non-hydrogen) atoms. The number of rotatable bonds is 5. The van der Waals surface area contributed by atoms with Crippen LogP contribution in [0.25, 0.3) is 0 Å². The van der Waals surface area contributed by atoms with E-state index >= 15 is 0 Å². The van der Waals surface area contributed by atoms with Crippen LogP contribution < -0.4 is 5.73 Å². The normalized spacial score (nSPS) is 20.7. The zero-order valence-corrected chi connectivity index (χ0v) is 10.4. The van der Waals surface area contributed by atoms with Crippen LogP contribution in [0.15, 0.2) is 0 Å². The number of carbonyl (C=O) groups is 1. The van der Waals surface area contributed by atoms with E-state index in [2.05, 4.69) is 6.07 Å². The lowest BCUT2D eigenvalue weighted by molar-refractivity contribution is -0.137. The highest BCUT2D eigenvalue weighted by atomic mass is 16.2. The first-order chi connectivity index (χ1) is 7.43. The predicted octanol–water partition coefficient (Wildman–Crippen LogP) is 1.12. The SMILES string of the molecule is CCN(CC(C)C#N)C(=O)C(C)(N)C1CC1. The average Bonchev–Trinajstić information content (AvgIpc) is 3.08. The number of nitrogens with zero attached hydrogens (tertiary/aromatic N) is 2. The number of nitriles is 1. The Morgan fingerprint density at radius 3 is 2.62 bits per heavy atom. The molecule has 4 nitrogen and oxygen atoms in total. The molecule has 2 atom stereocenters. The molecule has 1 amide bonds. The van der Waals surface area contributed by atoms with Gasteiger partial charge in [0.05, 0.1) is 17.5 Å². The number of hydrogen-bond acceptors (Lipinski definition) is 3. The topological polar surface area (TPSA) is 70.1 Å². The molecule has 0 heterocycles. The van der Waals surface area contributed by atoms with Crippen molar-refractivity contribution in [1.82, 2.24) is 4.90 Å². The first kappa shape index (κ1) is 13.0. The number of nitrogens with two attached hydrogens (primary N) is 1. The van der Waals surface area contributed by atoms with Gasteiger partial charge in [-0.2, -0.15) is 5.26 Å². The van der Waals surface area contributed by atoms with Crippen molar-refractivity contribution < 1.29 is 4.79 Å². The van der Waals surface area contributed by atoms with Gasteiger partial charge in [0.1, 0.15) is 0 Å². The molecule has 0 aromatic heterocycles. The smallest absolute Gasteiger partial charge is 0.242 e. The molecule has 0 aromatic rings. The summed E-state index contributed by atoms with van der Waals surface area (Å²) in [4.78, 5) is 13.9. The van der Waals surface area contributed by atoms with Crippen molar-refractivity contribution >= 4 is 5.91 Å². The van der Waals surface area contributed by atoms with Gasteiger partial charge >= 0.3 is 0 Å². The largest absolute Gasteiger partial charge is 0.340 e. The van der Waals surface area contributed by atoms with E-state index in [1.165, 1.54) is 0 Å². The highest BCUT2D eigenvalue weighted by Gasteiger charge is 2.45. The maximum Gasteiger partial charge on any atom is 0.242 e. The molecule has 1 aliphatic carbocycles. The second-order valence-corrected chi connectivity index (χ2v) is 4.93. The van der Waals surface area contributed by atoms with Crippen molar-refractivity contribution in [1.29, 1.82) is 5.26 Å². The molecule has 1 fully saturated rings. The molecule has 1 aliphatic rings. The fourth-order valence-corrected chi connectivity index (χ4v) is 1.93. The van der Waals surface area contributed by atoms with Crippen LogP contribution in [-0.2, 0) is 4.79 Å². The molecular weight excluding hydrogens is 202 g/mol. The van der Waals surface area contributed by atoms with Crippen molar-refractivity contribution in [2.45, 2.75) is 39.2 Å². The van der Waals surface area contributed by atoms with E-state index in [0.717, 1.165) is 12.8 Å². The molecule has 90 valence electrons. The molecule has 2 unspecified atom stereocenters. The lowest BCUT2D eigenvalue weighted by Gasteiger charge is -2.31. The molecule has 4 heteroatoms.